The minimum Gasteiger partial charge on any atom is -0.472 e. The highest BCUT2D eigenvalue weighted by atomic mass is 79.9. The molecule has 3 rings (SSSR count). The van der Waals surface area contributed by atoms with Gasteiger partial charge in [-0.25, -0.2) is 4.98 Å². The molecular formula is C21H19BrN2O2. The van der Waals surface area contributed by atoms with Gasteiger partial charge in [-0.2, -0.15) is 0 Å². The highest BCUT2D eigenvalue weighted by molar-refractivity contribution is 9.10. The lowest BCUT2D eigenvalue weighted by Crippen LogP contribution is -2.05. The van der Waals surface area contributed by atoms with Gasteiger partial charge in [0, 0.05) is 31.4 Å². The van der Waals surface area contributed by atoms with Gasteiger partial charge in [0.2, 0.25) is 5.88 Å². The number of ketones is 1. The molecule has 0 bridgehead atoms. The Morgan fingerprint density at radius 2 is 1.73 bits per heavy atom. The van der Waals surface area contributed by atoms with E-state index in [0.717, 1.165) is 27.6 Å². The summed E-state index contributed by atoms with van der Waals surface area (Å²) in [7, 11) is 0. The van der Waals surface area contributed by atoms with E-state index in [2.05, 4.69) is 25.9 Å². The third-order valence-electron chi connectivity index (χ3n) is 3.94. The topological polar surface area (TPSA) is 52.1 Å². The number of hydrogen-bond acceptors (Lipinski definition) is 4. The van der Waals surface area contributed by atoms with Crippen LogP contribution in [0.1, 0.15) is 23.1 Å². The molecule has 3 aromatic rings. The van der Waals surface area contributed by atoms with Gasteiger partial charge < -0.3 is 4.74 Å². The van der Waals surface area contributed by atoms with Crippen LogP contribution >= 0.6 is 15.9 Å². The molecule has 2 aromatic heterocycles. The van der Waals surface area contributed by atoms with Gasteiger partial charge in [0.15, 0.2) is 0 Å². The summed E-state index contributed by atoms with van der Waals surface area (Å²) in [5.41, 5.74) is 3.15. The van der Waals surface area contributed by atoms with Crippen LogP contribution < -0.4 is 4.74 Å². The molecule has 0 saturated carbocycles. The van der Waals surface area contributed by atoms with Gasteiger partial charge in [-0.1, -0.05) is 30.3 Å². The van der Waals surface area contributed by atoms with Gasteiger partial charge in [0.25, 0.3) is 0 Å². The van der Waals surface area contributed by atoms with Crippen LogP contribution in [0.25, 0.3) is 0 Å². The predicted octanol–water partition coefficient (Wildman–Crippen LogP) is 4.56. The number of rotatable bonds is 8. The molecule has 5 heteroatoms. The molecule has 0 radical (unpaired) electrons. The number of hydrogen-bond donors (Lipinski definition) is 0. The van der Waals surface area contributed by atoms with Crippen molar-refractivity contribution in [1.82, 2.24) is 9.97 Å². The molecule has 0 amide bonds. The zero-order valence-electron chi connectivity index (χ0n) is 14.3. The molecule has 0 saturated heterocycles. The van der Waals surface area contributed by atoms with Crippen molar-refractivity contribution in [1.29, 1.82) is 0 Å². The lowest BCUT2D eigenvalue weighted by Gasteiger charge is -2.07. The second-order valence-corrected chi connectivity index (χ2v) is 6.83. The average molecular weight is 411 g/mol. The van der Waals surface area contributed by atoms with Gasteiger partial charge in [-0.05, 0) is 57.2 Å². The van der Waals surface area contributed by atoms with E-state index in [1.807, 2.05) is 54.7 Å². The van der Waals surface area contributed by atoms with Crippen LogP contribution in [-0.2, 0) is 24.2 Å². The predicted molar refractivity (Wildman–Crippen MR) is 104 cm³/mol. The Hall–Kier alpha value is -2.53. The van der Waals surface area contributed by atoms with Gasteiger partial charge in [-0.3, -0.25) is 9.78 Å². The number of pyridine rings is 2. The summed E-state index contributed by atoms with van der Waals surface area (Å²) in [6, 6.07) is 15.6. The summed E-state index contributed by atoms with van der Waals surface area (Å²) >= 11 is 3.41. The molecule has 0 unspecified atom stereocenters. The summed E-state index contributed by atoms with van der Waals surface area (Å²) in [6.45, 7) is 0.435. The molecule has 0 spiro atoms. The summed E-state index contributed by atoms with van der Waals surface area (Å²) in [4.78, 5) is 20.4. The van der Waals surface area contributed by atoms with Crippen molar-refractivity contribution < 1.29 is 9.53 Å². The Labute approximate surface area is 161 Å². The van der Waals surface area contributed by atoms with Gasteiger partial charge in [0.1, 0.15) is 12.4 Å². The highest BCUT2D eigenvalue weighted by Crippen LogP contribution is 2.21. The fourth-order valence-electron chi connectivity index (χ4n) is 2.53. The van der Waals surface area contributed by atoms with Crippen LogP contribution in [0.4, 0.5) is 0 Å². The van der Waals surface area contributed by atoms with Crippen LogP contribution in [0.2, 0.25) is 0 Å². The number of aromatic nitrogens is 2. The van der Waals surface area contributed by atoms with E-state index < -0.39 is 0 Å². The normalized spacial score (nSPS) is 10.5. The molecule has 132 valence electrons. The van der Waals surface area contributed by atoms with Crippen molar-refractivity contribution in [2.24, 2.45) is 0 Å². The molecule has 4 nitrogen and oxygen atoms in total. The molecule has 0 aliphatic carbocycles. The molecule has 0 aliphatic heterocycles. The number of Topliss-reactive ketones (excluding diaryl/α,β-unsaturated/α-hetero) is 1. The van der Waals surface area contributed by atoms with Crippen molar-refractivity contribution in [2.75, 3.05) is 0 Å². The van der Waals surface area contributed by atoms with Crippen LogP contribution in [0, 0.1) is 0 Å². The van der Waals surface area contributed by atoms with Crippen molar-refractivity contribution in [3.8, 4) is 5.88 Å². The Morgan fingerprint density at radius 1 is 0.962 bits per heavy atom. The molecular weight excluding hydrogens is 392 g/mol. The van der Waals surface area contributed by atoms with E-state index in [4.69, 9.17) is 4.74 Å². The zero-order valence-corrected chi connectivity index (χ0v) is 15.9. The molecule has 0 N–H and O–H groups in total. The highest BCUT2D eigenvalue weighted by Gasteiger charge is 2.06. The summed E-state index contributed by atoms with van der Waals surface area (Å²) in [6.07, 6.45) is 6.96. The Kier molecular flexibility index (Phi) is 6.50. The summed E-state index contributed by atoms with van der Waals surface area (Å²) in [5, 5.41) is 0. The van der Waals surface area contributed by atoms with E-state index in [1.54, 1.807) is 12.4 Å². The van der Waals surface area contributed by atoms with E-state index in [9.17, 15) is 4.79 Å². The number of ether oxygens (including phenoxy) is 1. The maximum atomic E-state index is 12.2. The Bertz CT molecular complexity index is 851. The van der Waals surface area contributed by atoms with Crippen LogP contribution in [-0.4, -0.2) is 15.8 Å². The lowest BCUT2D eigenvalue weighted by atomic mass is 10.0. The number of nitrogens with zero attached hydrogens (tertiary/aromatic N) is 2. The number of benzene rings is 1. The first-order valence-electron chi connectivity index (χ1n) is 8.42. The minimum atomic E-state index is 0.232. The third kappa shape index (κ3) is 5.49. The standard InChI is InChI=1S/C21H19BrN2O2/c22-20-4-2-12-24-21(20)26-15-18-7-5-16(6-8-18)13-19(25)10-9-17-3-1-11-23-14-17/h1-8,11-12,14H,9-10,13,15H2. The Balaban J connectivity index is 1.48. The van der Waals surface area contributed by atoms with Crippen LogP contribution in [0.15, 0.2) is 71.6 Å². The summed E-state index contributed by atoms with van der Waals surface area (Å²) < 4.78 is 6.53. The monoisotopic (exact) mass is 410 g/mol. The van der Waals surface area contributed by atoms with Gasteiger partial charge in [0.05, 0.1) is 4.47 Å². The van der Waals surface area contributed by atoms with Gasteiger partial charge >= 0.3 is 0 Å². The fourth-order valence-corrected chi connectivity index (χ4v) is 2.90. The van der Waals surface area contributed by atoms with Crippen molar-refractivity contribution >= 4 is 21.7 Å². The number of aryl methyl sites for hydroxylation is 1. The quantitative estimate of drug-likeness (QED) is 0.545. The molecule has 26 heavy (non-hydrogen) atoms. The minimum absolute atomic E-state index is 0.232. The molecule has 0 aliphatic rings. The average Bonchev–Trinajstić information content (AvgIpc) is 2.68. The van der Waals surface area contributed by atoms with E-state index in [1.165, 1.54) is 0 Å². The number of halogens is 1. The molecule has 0 atom stereocenters. The molecule has 1 aromatic carbocycles. The number of carbonyl (C=O) groups is 1. The van der Waals surface area contributed by atoms with Gasteiger partial charge in [-0.15, -0.1) is 0 Å². The van der Waals surface area contributed by atoms with E-state index in [-0.39, 0.29) is 5.78 Å². The molecule has 2 heterocycles. The van der Waals surface area contributed by atoms with Crippen molar-refractivity contribution in [3.63, 3.8) is 0 Å². The zero-order chi connectivity index (χ0) is 18.2. The second kappa shape index (κ2) is 9.25. The van der Waals surface area contributed by atoms with Crippen molar-refractivity contribution in [3.05, 3.63) is 88.3 Å². The first-order chi connectivity index (χ1) is 12.7. The summed E-state index contributed by atoms with van der Waals surface area (Å²) in [5.74, 6) is 0.803. The SMILES string of the molecule is O=C(CCc1cccnc1)Cc1ccc(COc2ncccc2Br)cc1. The number of carbonyl (C=O) groups excluding carboxylic acids is 1. The second-order valence-electron chi connectivity index (χ2n) is 5.97. The van der Waals surface area contributed by atoms with E-state index >= 15 is 0 Å². The lowest BCUT2D eigenvalue weighted by molar-refractivity contribution is -0.118. The largest absolute Gasteiger partial charge is 0.472 e. The van der Waals surface area contributed by atoms with Crippen LogP contribution in [0.3, 0.4) is 0 Å². The van der Waals surface area contributed by atoms with E-state index in [0.29, 0.717) is 25.3 Å². The third-order valence-corrected chi connectivity index (χ3v) is 4.54. The maximum absolute atomic E-state index is 12.2. The molecule has 0 fully saturated rings. The first kappa shape index (κ1) is 18.3. The van der Waals surface area contributed by atoms with Crippen LogP contribution in [0.5, 0.6) is 5.88 Å². The fraction of sp³-hybridized carbons (Fsp3) is 0.190. The maximum Gasteiger partial charge on any atom is 0.228 e. The first-order valence-corrected chi connectivity index (χ1v) is 9.22. The smallest absolute Gasteiger partial charge is 0.228 e. The van der Waals surface area contributed by atoms with Crippen molar-refractivity contribution in [2.45, 2.75) is 25.9 Å². The Morgan fingerprint density at radius 3 is 2.46 bits per heavy atom.